The van der Waals surface area contributed by atoms with Gasteiger partial charge in [0.1, 0.15) is 12.1 Å². The normalized spacial score (nSPS) is 10.8. The van der Waals surface area contributed by atoms with Gasteiger partial charge in [-0.15, -0.1) is 21.5 Å². The predicted molar refractivity (Wildman–Crippen MR) is 127 cm³/mol. The van der Waals surface area contributed by atoms with Crippen molar-refractivity contribution in [3.05, 3.63) is 71.1 Å². The number of aryl methyl sites for hydroxylation is 2. The SMILES string of the molecule is Cc1sc(NC(=O)c2cccc(NC(=O)CSc3nncn3C)c2)nc1-c1ccc(F)cc1. The second kappa shape index (κ2) is 9.92. The summed E-state index contributed by atoms with van der Waals surface area (Å²) in [5.74, 6) is -0.730. The van der Waals surface area contributed by atoms with E-state index in [2.05, 4.69) is 25.8 Å². The van der Waals surface area contributed by atoms with Gasteiger partial charge in [-0.2, -0.15) is 0 Å². The number of benzene rings is 2. The van der Waals surface area contributed by atoms with E-state index in [0.29, 0.717) is 27.2 Å². The third kappa shape index (κ3) is 5.62. The Bertz CT molecular complexity index is 1300. The third-order valence-electron chi connectivity index (χ3n) is 4.55. The van der Waals surface area contributed by atoms with Crippen molar-refractivity contribution in [2.75, 3.05) is 16.4 Å². The quantitative estimate of drug-likeness (QED) is 0.379. The van der Waals surface area contributed by atoms with E-state index < -0.39 is 0 Å². The highest BCUT2D eigenvalue weighted by atomic mass is 32.2. The molecule has 2 aromatic carbocycles. The molecule has 0 spiro atoms. The molecule has 2 heterocycles. The van der Waals surface area contributed by atoms with Gasteiger partial charge in [0.2, 0.25) is 5.91 Å². The highest BCUT2D eigenvalue weighted by Gasteiger charge is 2.14. The first-order chi connectivity index (χ1) is 15.9. The highest BCUT2D eigenvalue weighted by Crippen LogP contribution is 2.30. The Morgan fingerprint density at radius 3 is 2.67 bits per heavy atom. The van der Waals surface area contributed by atoms with Gasteiger partial charge in [0.15, 0.2) is 10.3 Å². The number of amides is 2. The zero-order valence-corrected chi connectivity index (χ0v) is 19.3. The van der Waals surface area contributed by atoms with Crippen molar-refractivity contribution in [3.63, 3.8) is 0 Å². The van der Waals surface area contributed by atoms with Crippen LogP contribution >= 0.6 is 23.1 Å². The van der Waals surface area contributed by atoms with Crippen LogP contribution in [0.5, 0.6) is 0 Å². The van der Waals surface area contributed by atoms with Crippen molar-refractivity contribution in [1.29, 1.82) is 0 Å². The summed E-state index contributed by atoms with van der Waals surface area (Å²) in [5.41, 5.74) is 2.35. The van der Waals surface area contributed by atoms with Crippen LogP contribution in [0.2, 0.25) is 0 Å². The number of thioether (sulfide) groups is 1. The average Bonchev–Trinajstić information content (AvgIpc) is 3.37. The van der Waals surface area contributed by atoms with Gasteiger partial charge in [0.05, 0.1) is 11.4 Å². The van der Waals surface area contributed by atoms with Gasteiger partial charge in [-0.05, 0) is 49.4 Å². The molecule has 0 radical (unpaired) electrons. The largest absolute Gasteiger partial charge is 0.325 e. The molecule has 0 bridgehead atoms. The molecule has 2 N–H and O–H groups in total. The number of thiazole rings is 1. The molecule has 168 valence electrons. The van der Waals surface area contributed by atoms with Crippen LogP contribution in [0.15, 0.2) is 60.0 Å². The van der Waals surface area contributed by atoms with E-state index in [4.69, 9.17) is 0 Å². The van der Waals surface area contributed by atoms with Crippen LogP contribution in [0.3, 0.4) is 0 Å². The van der Waals surface area contributed by atoms with E-state index in [0.717, 1.165) is 10.4 Å². The maximum absolute atomic E-state index is 13.2. The number of carbonyl (C=O) groups is 2. The molecule has 4 rings (SSSR count). The number of anilines is 2. The van der Waals surface area contributed by atoms with Gasteiger partial charge < -0.3 is 9.88 Å². The first-order valence-corrected chi connectivity index (χ1v) is 11.6. The summed E-state index contributed by atoms with van der Waals surface area (Å²) < 4.78 is 14.9. The molecular weight excluding hydrogens is 463 g/mol. The molecule has 0 saturated carbocycles. The average molecular weight is 483 g/mol. The Hall–Kier alpha value is -3.57. The van der Waals surface area contributed by atoms with E-state index >= 15 is 0 Å². The Balaban J connectivity index is 1.39. The monoisotopic (exact) mass is 482 g/mol. The van der Waals surface area contributed by atoms with Gasteiger partial charge in [0.25, 0.3) is 5.91 Å². The van der Waals surface area contributed by atoms with Crippen LogP contribution in [0.4, 0.5) is 15.2 Å². The molecule has 0 aliphatic rings. The lowest BCUT2D eigenvalue weighted by atomic mass is 10.1. The Labute approximate surface area is 197 Å². The maximum Gasteiger partial charge on any atom is 0.257 e. The van der Waals surface area contributed by atoms with Crippen molar-refractivity contribution >= 4 is 45.7 Å². The Morgan fingerprint density at radius 2 is 1.94 bits per heavy atom. The molecule has 0 atom stereocenters. The molecule has 0 unspecified atom stereocenters. The summed E-state index contributed by atoms with van der Waals surface area (Å²) in [5, 5.41) is 14.3. The molecule has 33 heavy (non-hydrogen) atoms. The maximum atomic E-state index is 13.2. The summed E-state index contributed by atoms with van der Waals surface area (Å²) in [6.07, 6.45) is 1.56. The predicted octanol–water partition coefficient (Wildman–Crippen LogP) is 4.37. The van der Waals surface area contributed by atoms with Crippen molar-refractivity contribution in [2.45, 2.75) is 12.1 Å². The van der Waals surface area contributed by atoms with Crippen molar-refractivity contribution in [3.8, 4) is 11.3 Å². The molecule has 2 aromatic heterocycles. The molecule has 8 nitrogen and oxygen atoms in total. The first-order valence-electron chi connectivity index (χ1n) is 9.80. The highest BCUT2D eigenvalue weighted by molar-refractivity contribution is 7.99. The van der Waals surface area contributed by atoms with Gasteiger partial charge in [-0.25, -0.2) is 9.37 Å². The van der Waals surface area contributed by atoms with Crippen LogP contribution in [0.1, 0.15) is 15.2 Å². The van der Waals surface area contributed by atoms with E-state index in [1.54, 1.807) is 54.3 Å². The van der Waals surface area contributed by atoms with E-state index in [-0.39, 0.29) is 23.4 Å². The van der Waals surface area contributed by atoms with Crippen LogP contribution in [0.25, 0.3) is 11.3 Å². The Morgan fingerprint density at radius 1 is 1.15 bits per heavy atom. The summed E-state index contributed by atoms with van der Waals surface area (Å²) in [6.45, 7) is 1.89. The standard InChI is InChI=1S/C22H19FN6O2S2/c1-13-19(14-6-8-16(23)9-7-14)26-21(33-13)27-20(31)15-4-3-5-17(10-15)25-18(30)11-32-22-28-24-12-29(22)2/h3-10,12H,11H2,1-2H3,(H,25,30)(H,26,27,31). The number of hydrogen-bond acceptors (Lipinski definition) is 7. The van der Waals surface area contributed by atoms with E-state index in [1.807, 2.05) is 6.92 Å². The van der Waals surface area contributed by atoms with Crippen LogP contribution in [0, 0.1) is 12.7 Å². The number of halogens is 1. The fourth-order valence-corrected chi connectivity index (χ4v) is 4.48. The summed E-state index contributed by atoms with van der Waals surface area (Å²) in [6, 6.07) is 12.7. The van der Waals surface area contributed by atoms with Gasteiger partial charge in [0, 0.05) is 28.7 Å². The fraction of sp³-hybridized carbons (Fsp3) is 0.136. The first kappa shape index (κ1) is 22.6. The second-order valence-electron chi connectivity index (χ2n) is 7.03. The molecule has 4 aromatic rings. The Kier molecular flexibility index (Phi) is 6.80. The fourth-order valence-electron chi connectivity index (χ4n) is 2.96. The lowest BCUT2D eigenvalue weighted by molar-refractivity contribution is -0.113. The minimum Gasteiger partial charge on any atom is -0.325 e. The molecular formula is C22H19FN6O2S2. The molecule has 2 amide bonds. The molecule has 11 heteroatoms. The number of rotatable bonds is 7. The summed E-state index contributed by atoms with van der Waals surface area (Å²) >= 11 is 2.60. The van der Waals surface area contributed by atoms with Crippen LogP contribution < -0.4 is 10.6 Å². The molecule has 0 aliphatic carbocycles. The third-order valence-corrected chi connectivity index (χ3v) is 6.47. The second-order valence-corrected chi connectivity index (χ2v) is 9.17. The number of aromatic nitrogens is 4. The van der Waals surface area contributed by atoms with Gasteiger partial charge in [-0.1, -0.05) is 17.8 Å². The van der Waals surface area contributed by atoms with Gasteiger partial charge >= 0.3 is 0 Å². The zero-order chi connectivity index (χ0) is 23.4. The summed E-state index contributed by atoms with van der Waals surface area (Å²) in [7, 11) is 1.80. The molecule has 0 fully saturated rings. The smallest absolute Gasteiger partial charge is 0.257 e. The topological polar surface area (TPSA) is 102 Å². The van der Waals surface area contributed by atoms with Crippen molar-refractivity contribution in [2.24, 2.45) is 7.05 Å². The van der Waals surface area contributed by atoms with Crippen molar-refractivity contribution in [1.82, 2.24) is 19.7 Å². The van der Waals surface area contributed by atoms with Crippen LogP contribution in [-0.4, -0.2) is 37.3 Å². The minimum atomic E-state index is -0.348. The molecule has 0 aliphatic heterocycles. The zero-order valence-electron chi connectivity index (χ0n) is 17.7. The number of carbonyl (C=O) groups excluding carboxylic acids is 2. The molecule has 0 saturated heterocycles. The number of nitrogens with zero attached hydrogens (tertiary/aromatic N) is 4. The van der Waals surface area contributed by atoms with E-state index in [1.165, 1.54) is 35.2 Å². The lowest BCUT2D eigenvalue weighted by Gasteiger charge is -2.07. The minimum absolute atomic E-state index is 0.160. The summed E-state index contributed by atoms with van der Waals surface area (Å²) in [4.78, 5) is 30.4. The number of nitrogens with one attached hydrogen (secondary N) is 2. The lowest BCUT2D eigenvalue weighted by Crippen LogP contribution is -2.16. The van der Waals surface area contributed by atoms with Gasteiger partial charge in [-0.3, -0.25) is 14.9 Å². The van der Waals surface area contributed by atoms with Crippen LogP contribution in [-0.2, 0) is 11.8 Å². The van der Waals surface area contributed by atoms with E-state index in [9.17, 15) is 14.0 Å². The number of hydrogen-bond donors (Lipinski definition) is 2. The van der Waals surface area contributed by atoms with Crippen molar-refractivity contribution < 1.29 is 14.0 Å².